The lowest BCUT2D eigenvalue weighted by atomic mass is 10.1. The number of halogens is 2. The molecule has 1 aliphatic heterocycles. The quantitative estimate of drug-likeness (QED) is 0.649. The summed E-state index contributed by atoms with van der Waals surface area (Å²) in [4.78, 5) is 11.4. The highest BCUT2D eigenvalue weighted by atomic mass is 19.2. The van der Waals surface area contributed by atoms with E-state index in [1.807, 2.05) is 0 Å². The van der Waals surface area contributed by atoms with Crippen molar-refractivity contribution in [1.29, 1.82) is 0 Å². The van der Waals surface area contributed by atoms with Crippen molar-refractivity contribution in [3.8, 4) is 0 Å². The number of nitro benzene ring substituents is 1. The second kappa shape index (κ2) is 4.16. The van der Waals surface area contributed by atoms with Crippen molar-refractivity contribution in [2.75, 3.05) is 18.0 Å². The van der Waals surface area contributed by atoms with E-state index in [-0.39, 0.29) is 13.1 Å². The van der Waals surface area contributed by atoms with Gasteiger partial charge in [-0.25, -0.2) is 8.78 Å². The van der Waals surface area contributed by atoms with Crippen LogP contribution in [-0.4, -0.2) is 28.7 Å². The van der Waals surface area contributed by atoms with Crippen molar-refractivity contribution in [3.05, 3.63) is 33.9 Å². The highest BCUT2D eigenvalue weighted by Crippen LogP contribution is 2.36. The third kappa shape index (κ3) is 2.13. The topological polar surface area (TPSA) is 66.6 Å². The molecule has 0 amide bonds. The molecular weight excluding hydrogens is 246 g/mol. The Morgan fingerprint density at radius 2 is 2.17 bits per heavy atom. The third-order valence-corrected chi connectivity index (χ3v) is 3.01. The van der Waals surface area contributed by atoms with Gasteiger partial charge in [0.2, 0.25) is 0 Å². The number of anilines is 1. The number of nitro groups is 1. The Hall–Kier alpha value is -1.76. The maximum absolute atomic E-state index is 13.7. The van der Waals surface area contributed by atoms with E-state index in [0.29, 0.717) is 6.42 Å². The molecule has 1 atom stereocenters. The zero-order chi connectivity index (χ0) is 13.5. The minimum absolute atomic E-state index is 0.0359. The number of benzene rings is 1. The summed E-state index contributed by atoms with van der Waals surface area (Å²) >= 11 is 0. The highest BCUT2D eigenvalue weighted by Gasteiger charge is 2.36. The number of aliphatic hydroxyl groups is 1. The van der Waals surface area contributed by atoms with Gasteiger partial charge < -0.3 is 10.0 Å². The van der Waals surface area contributed by atoms with E-state index in [1.165, 1.54) is 4.90 Å². The van der Waals surface area contributed by atoms with Crippen LogP contribution >= 0.6 is 0 Å². The molecule has 5 nitrogen and oxygen atoms in total. The number of hydrogen-bond donors (Lipinski definition) is 1. The van der Waals surface area contributed by atoms with Gasteiger partial charge in [0.15, 0.2) is 17.3 Å². The number of nitrogens with zero attached hydrogens (tertiary/aromatic N) is 2. The fourth-order valence-electron chi connectivity index (χ4n) is 2.11. The van der Waals surface area contributed by atoms with Crippen LogP contribution in [0.15, 0.2) is 12.1 Å². The monoisotopic (exact) mass is 258 g/mol. The molecule has 98 valence electrons. The third-order valence-electron chi connectivity index (χ3n) is 3.01. The zero-order valence-electron chi connectivity index (χ0n) is 9.69. The summed E-state index contributed by atoms with van der Waals surface area (Å²) < 4.78 is 26.9. The molecule has 0 radical (unpaired) electrons. The van der Waals surface area contributed by atoms with E-state index in [2.05, 4.69) is 0 Å². The van der Waals surface area contributed by atoms with Crippen molar-refractivity contribution >= 4 is 11.4 Å². The van der Waals surface area contributed by atoms with Crippen molar-refractivity contribution in [2.45, 2.75) is 18.9 Å². The SMILES string of the molecule is CC1(O)CCN(c2c([N+](=O)[O-])ccc(F)c2F)C1. The summed E-state index contributed by atoms with van der Waals surface area (Å²) in [6.07, 6.45) is 0.347. The predicted octanol–water partition coefficient (Wildman–Crippen LogP) is 1.83. The van der Waals surface area contributed by atoms with Crippen LogP contribution in [0.3, 0.4) is 0 Å². The molecule has 1 aliphatic rings. The molecule has 7 heteroatoms. The fraction of sp³-hybridized carbons (Fsp3) is 0.455. The smallest absolute Gasteiger partial charge is 0.295 e. The van der Waals surface area contributed by atoms with Gasteiger partial charge in [0, 0.05) is 19.2 Å². The molecule has 0 spiro atoms. The molecule has 0 aromatic heterocycles. The highest BCUT2D eigenvalue weighted by molar-refractivity contribution is 5.65. The van der Waals surface area contributed by atoms with Crippen LogP contribution < -0.4 is 4.90 Å². The molecule has 1 saturated heterocycles. The summed E-state index contributed by atoms with van der Waals surface area (Å²) in [5.41, 5.74) is -1.93. The van der Waals surface area contributed by atoms with Crippen LogP contribution in [0.1, 0.15) is 13.3 Å². The van der Waals surface area contributed by atoms with E-state index < -0.39 is 33.5 Å². The van der Waals surface area contributed by atoms with Gasteiger partial charge in [0.25, 0.3) is 5.69 Å². The first kappa shape index (κ1) is 12.7. The molecule has 1 aromatic carbocycles. The molecule has 0 saturated carbocycles. The average Bonchev–Trinajstić information content (AvgIpc) is 2.62. The molecule has 2 rings (SSSR count). The van der Waals surface area contributed by atoms with E-state index in [1.54, 1.807) is 6.92 Å². The van der Waals surface area contributed by atoms with Gasteiger partial charge >= 0.3 is 0 Å². The fourth-order valence-corrected chi connectivity index (χ4v) is 2.11. The summed E-state index contributed by atoms with van der Waals surface area (Å²) in [7, 11) is 0. The summed E-state index contributed by atoms with van der Waals surface area (Å²) in [5, 5.41) is 20.6. The Kier molecular flexibility index (Phi) is 2.94. The van der Waals surface area contributed by atoms with Crippen molar-refractivity contribution in [1.82, 2.24) is 0 Å². The number of β-amino-alcohol motifs (C(OH)–C–C–N with tert-alkyl or cyclic N) is 1. The van der Waals surface area contributed by atoms with Crippen LogP contribution in [0.2, 0.25) is 0 Å². The Morgan fingerprint density at radius 3 is 2.67 bits per heavy atom. The van der Waals surface area contributed by atoms with Crippen LogP contribution in [0.5, 0.6) is 0 Å². The lowest BCUT2D eigenvalue weighted by molar-refractivity contribution is -0.384. The summed E-state index contributed by atoms with van der Waals surface area (Å²) in [6.45, 7) is 1.83. The van der Waals surface area contributed by atoms with Gasteiger partial charge in [0.05, 0.1) is 10.5 Å². The van der Waals surface area contributed by atoms with E-state index in [9.17, 15) is 24.0 Å². The van der Waals surface area contributed by atoms with E-state index in [0.717, 1.165) is 12.1 Å². The molecule has 0 bridgehead atoms. The molecule has 1 aromatic rings. The Bertz CT molecular complexity index is 505. The zero-order valence-corrected chi connectivity index (χ0v) is 9.69. The molecule has 1 fully saturated rings. The van der Waals surface area contributed by atoms with Crippen molar-refractivity contribution < 1.29 is 18.8 Å². The lowest BCUT2D eigenvalue weighted by Crippen LogP contribution is -2.30. The first-order valence-corrected chi connectivity index (χ1v) is 5.41. The van der Waals surface area contributed by atoms with E-state index >= 15 is 0 Å². The van der Waals surface area contributed by atoms with Crippen LogP contribution in [0, 0.1) is 21.7 Å². The first-order chi connectivity index (χ1) is 8.32. The van der Waals surface area contributed by atoms with Gasteiger partial charge in [0.1, 0.15) is 0 Å². The molecule has 1 unspecified atom stereocenters. The Balaban J connectivity index is 2.49. The molecular formula is C11H12F2N2O3. The molecule has 1 N–H and O–H groups in total. The van der Waals surface area contributed by atoms with Crippen LogP contribution in [0.4, 0.5) is 20.2 Å². The molecule has 18 heavy (non-hydrogen) atoms. The van der Waals surface area contributed by atoms with Gasteiger partial charge in [-0.1, -0.05) is 0 Å². The van der Waals surface area contributed by atoms with Crippen LogP contribution in [0.25, 0.3) is 0 Å². The maximum Gasteiger partial charge on any atom is 0.295 e. The predicted molar refractivity (Wildman–Crippen MR) is 60.5 cm³/mol. The Labute approximate surface area is 102 Å². The first-order valence-electron chi connectivity index (χ1n) is 5.41. The van der Waals surface area contributed by atoms with Crippen LogP contribution in [-0.2, 0) is 0 Å². The second-order valence-corrected chi connectivity index (χ2v) is 4.65. The van der Waals surface area contributed by atoms with Gasteiger partial charge in [-0.15, -0.1) is 0 Å². The summed E-state index contributed by atoms with van der Waals surface area (Å²) in [5.74, 6) is -2.39. The molecule has 0 aliphatic carbocycles. The average molecular weight is 258 g/mol. The lowest BCUT2D eigenvalue weighted by Gasteiger charge is -2.21. The standard InChI is InChI=1S/C11H12F2N2O3/c1-11(16)4-5-14(6-11)10-8(15(17)18)3-2-7(12)9(10)13/h2-3,16H,4-6H2,1H3. The summed E-state index contributed by atoms with van der Waals surface area (Å²) in [6, 6.07) is 1.66. The maximum atomic E-state index is 13.7. The Morgan fingerprint density at radius 1 is 1.50 bits per heavy atom. The second-order valence-electron chi connectivity index (χ2n) is 4.65. The van der Waals surface area contributed by atoms with Gasteiger partial charge in [-0.2, -0.15) is 0 Å². The minimum Gasteiger partial charge on any atom is -0.388 e. The van der Waals surface area contributed by atoms with Crippen molar-refractivity contribution in [2.24, 2.45) is 0 Å². The van der Waals surface area contributed by atoms with E-state index in [4.69, 9.17) is 0 Å². The minimum atomic E-state index is -1.25. The number of rotatable bonds is 2. The molecule has 1 heterocycles. The van der Waals surface area contributed by atoms with Gasteiger partial charge in [-0.3, -0.25) is 10.1 Å². The van der Waals surface area contributed by atoms with Crippen molar-refractivity contribution in [3.63, 3.8) is 0 Å². The number of hydrogen-bond acceptors (Lipinski definition) is 4. The largest absolute Gasteiger partial charge is 0.388 e. The van der Waals surface area contributed by atoms with Gasteiger partial charge in [-0.05, 0) is 19.4 Å². The normalized spacial score (nSPS) is 23.4.